The highest BCUT2D eigenvalue weighted by atomic mass is 28.3. The highest BCUT2D eigenvalue weighted by Gasteiger charge is 2.35. The third kappa shape index (κ3) is 9.34. The van der Waals surface area contributed by atoms with Crippen molar-refractivity contribution in [3.8, 4) is 0 Å². The third-order valence-corrected chi connectivity index (χ3v) is 6.19. The van der Waals surface area contributed by atoms with Gasteiger partial charge in [-0.3, -0.25) is 4.79 Å². The van der Waals surface area contributed by atoms with Crippen molar-refractivity contribution in [2.75, 3.05) is 19.7 Å². The molecule has 0 aliphatic heterocycles. The normalized spacial score (nSPS) is 13.2. The van der Waals surface area contributed by atoms with Gasteiger partial charge in [-0.2, -0.15) is 0 Å². The average molecular weight is 411 g/mol. The minimum atomic E-state index is -1.98. The zero-order chi connectivity index (χ0) is 21.4. The van der Waals surface area contributed by atoms with E-state index in [1.807, 2.05) is 34.9 Å². The monoisotopic (exact) mass is 410 g/mol. The largest absolute Gasteiger partial charge is 0.480 e. The first-order chi connectivity index (χ1) is 12.9. The number of aliphatic carboxylic acids is 1. The summed E-state index contributed by atoms with van der Waals surface area (Å²) in [5, 5.41) is 12.5. The molecular weight excluding hydrogens is 376 g/mol. The number of nitrogens with zero attached hydrogens (tertiary/aromatic N) is 1. The van der Waals surface area contributed by atoms with E-state index in [1.165, 1.54) is 0 Å². The van der Waals surface area contributed by atoms with Gasteiger partial charge in [0.15, 0.2) is 0 Å². The van der Waals surface area contributed by atoms with Crippen molar-refractivity contribution in [3.63, 3.8) is 0 Å². The predicted octanol–water partition coefficient (Wildman–Crippen LogP) is 3.32. The molecule has 0 radical (unpaired) electrons. The molecule has 2 N–H and O–H groups in total. The Bertz CT molecular complexity index is 626. The van der Waals surface area contributed by atoms with Gasteiger partial charge in [0.1, 0.15) is 19.9 Å². The molecular formula is C20H34N2O5Si. The molecule has 28 heavy (non-hydrogen) atoms. The van der Waals surface area contributed by atoms with E-state index in [9.17, 15) is 14.7 Å². The number of carbonyl (C=O) groups is 2. The molecule has 0 heterocycles. The Morgan fingerprint density at radius 2 is 1.79 bits per heavy atom. The van der Waals surface area contributed by atoms with E-state index in [0.717, 1.165) is 5.56 Å². The van der Waals surface area contributed by atoms with Crippen LogP contribution in [0.1, 0.15) is 26.3 Å². The summed E-state index contributed by atoms with van der Waals surface area (Å²) in [5.41, 5.74) is 0.426. The lowest BCUT2D eigenvalue weighted by Gasteiger charge is -2.38. The van der Waals surface area contributed by atoms with Crippen molar-refractivity contribution in [2.45, 2.75) is 58.7 Å². The Balaban J connectivity index is 2.67. The molecule has 0 aromatic heterocycles. The third-order valence-electron chi connectivity index (χ3n) is 3.93. The van der Waals surface area contributed by atoms with E-state index in [-0.39, 0.29) is 6.61 Å². The molecule has 0 spiro atoms. The maximum Gasteiger partial charge on any atom is 0.407 e. The molecule has 0 fully saturated rings. The molecule has 1 aromatic carbocycles. The standard InChI is InChI=1S/C20H34N2O5Si/c1-20(2,3)27-19(25)21-12-13-22(28(4,5)6)17(18(23)24)15-26-14-16-10-8-7-9-11-16/h7-11,17H,12-15H2,1-6H3,(H,21,25)(H,23,24)/t17-/m0/s1. The van der Waals surface area contributed by atoms with E-state index in [0.29, 0.717) is 19.7 Å². The molecule has 0 saturated heterocycles. The fraction of sp³-hybridized carbons (Fsp3) is 0.600. The topological polar surface area (TPSA) is 88.1 Å². The zero-order valence-corrected chi connectivity index (χ0v) is 18.8. The first-order valence-corrected chi connectivity index (χ1v) is 12.9. The lowest BCUT2D eigenvalue weighted by atomic mass is 10.2. The summed E-state index contributed by atoms with van der Waals surface area (Å²) >= 11 is 0. The molecule has 1 atom stereocenters. The quantitative estimate of drug-likeness (QED) is 0.575. The first-order valence-electron chi connectivity index (χ1n) is 9.48. The van der Waals surface area contributed by atoms with Gasteiger partial charge in [-0.25, -0.2) is 4.79 Å². The van der Waals surface area contributed by atoms with Crippen LogP contribution in [-0.2, 0) is 20.9 Å². The summed E-state index contributed by atoms with van der Waals surface area (Å²) in [4.78, 5) is 23.7. The first kappa shape index (κ1) is 24.1. The van der Waals surface area contributed by atoms with Gasteiger partial charge >= 0.3 is 12.1 Å². The second kappa shape index (κ2) is 10.6. The van der Waals surface area contributed by atoms with Crippen LogP contribution < -0.4 is 5.32 Å². The van der Waals surface area contributed by atoms with Gasteiger partial charge < -0.3 is 24.5 Å². The van der Waals surface area contributed by atoms with Crippen molar-refractivity contribution in [1.29, 1.82) is 0 Å². The molecule has 8 heteroatoms. The second-order valence-electron chi connectivity index (χ2n) is 8.65. The number of carboxylic acid groups (broad SMARTS) is 1. The molecule has 0 unspecified atom stereocenters. The van der Waals surface area contributed by atoms with Gasteiger partial charge in [0.25, 0.3) is 0 Å². The summed E-state index contributed by atoms with van der Waals surface area (Å²) < 4.78 is 12.9. The van der Waals surface area contributed by atoms with E-state index >= 15 is 0 Å². The molecule has 0 aliphatic carbocycles. The van der Waals surface area contributed by atoms with Crippen LogP contribution in [0, 0.1) is 0 Å². The van der Waals surface area contributed by atoms with Crippen LogP contribution in [0.15, 0.2) is 30.3 Å². The maximum atomic E-state index is 11.9. The predicted molar refractivity (Wildman–Crippen MR) is 112 cm³/mol. The number of benzene rings is 1. The van der Waals surface area contributed by atoms with E-state index in [1.54, 1.807) is 20.8 Å². The lowest BCUT2D eigenvalue weighted by Crippen LogP contribution is -2.58. The highest BCUT2D eigenvalue weighted by molar-refractivity contribution is 6.73. The second-order valence-corrected chi connectivity index (χ2v) is 13.6. The number of carbonyl (C=O) groups excluding carboxylic acids is 1. The Morgan fingerprint density at radius 3 is 2.29 bits per heavy atom. The average Bonchev–Trinajstić information content (AvgIpc) is 2.54. The molecule has 1 rings (SSSR count). The van der Waals surface area contributed by atoms with Crippen LogP contribution in [0.25, 0.3) is 0 Å². The van der Waals surface area contributed by atoms with Crippen LogP contribution >= 0.6 is 0 Å². The Labute approximate surface area is 169 Å². The van der Waals surface area contributed by atoms with Gasteiger partial charge in [0.05, 0.1) is 13.2 Å². The summed E-state index contributed by atoms with van der Waals surface area (Å²) in [5.74, 6) is -0.923. The van der Waals surface area contributed by atoms with Crippen LogP contribution in [0.3, 0.4) is 0 Å². The number of rotatable bonds is 10. The van der Waals surface area contributed by atoms with Crippen molar-refractivity contribution >= 4 is 20.3 Å². The number of ether oxygens (including phenoxy) is 2. The van der Waals surface area contributed by atoms with Crippen LogP contribution in [-0.4, -0.2) is 61.3 Å². The lowest BCUT2D eigenvalue weighted by molar-refractivity contribution is -0.144. The number of alkyl carbamates (subject to hydrolysis) is 1. The van der Waals surface area contributed by atoms with E-state index in [2.05, 4.69) is 25.0 Å². The Kier molecular flexibility index (Phi) is 9.13. The molecule has 1 aromatic rings. The van der Waals surface area contributed by atoms with Crippen LogP contribution in [0.5, 0.6) is 0 Å². The van der Waals surface area contributed by atoms with Gasteiger partial charge in [0, 0.05) is 13.1 Å². The minimum Gasteiger partial charge on any atom is -0.480 e. The van der Waals surface area contributed by atoms with Gasteiger partial charge in [0.2, 0.25) is 0 Å². The Hall–Kier alpha value is -1.90. The van der Waals surface area contributed by atoms with Crippen molar-refractivity contribution in [3.05, 3.63) is 35.9 Å². The SMILES string of the molecule is CC(C)(C)OC(=O)NCCN([C@@H](COCc1ccccc1)C(=O)O)[Si](C)(C)C. The van der Waals surface area contributed by atoms with Gasteiger partial charge in [-0.15, -0.1) is 0 Å². The maximum absolute atomic E-state index is 11.9. The number of hydrogen-bond donors (Lipinski definition) is 2. The van der Waals surface area contributed by atoms with E-state index < -0.39 is 31.9 Å². The zero-order valence-electron chi connectivity index (χ0n) is 17.8. The van der Waals surface area contributed by atoms with Crippen LogP contribution in [0.2, 0.25) is 19.6 Å². The molecule has 0 aliphatic rings. The summed E-state index contributed by atoms with van der Waals surface area (Å²) in [6.07, 6.45) is -0.504. The minimum absolute atomic E-state index is 0.0843. The summed E-state index contributed by atoms with van der Waals surface area (Å²) in [6, 6.07) is 8.88. The van der Waals surface area contributed by atoms with Crippen molar-refractivity contribution in [2.24, 2.45) is 0 Å². The summed E-state index contributed by atoms with van der Waals surface area (Å²) in [7, 11) is -1.98. The fourth-order valence-electron chi connectivity index (χ4n) is 2.71. The molecule has 1 amide bonds. The number of nitrogens with one attached hydrogen (secondary N) is 1. The molecule has 0 bridgehead atoms. The van der Waals surface area contributed by atoms with E-state index in [4.69, 9.17) is 9.47 Å². The Morgan fingerprint density at radius 1 is 1.18 bits per heavy atom. The number of carboxylic acids is 1. The number of hydrogen-bond acceptors (Lipinski definition) is 5. The highest BCUT2D eigenvalue weighted by Crippen LogP contribution is 2.15. The molecule has 7 nitrogen and oxygen atoms in total. The number of amides is 1. The van der Waals surface area contributed by atoms with Crippen molar-refractivity contribution in [1.82, 2.24) is 9.88 Å². The molecule has 158 valence electrons. The summed E-state index contributed by atoms with van der Waals surface area (Å²) in [6.45, 7) is 12.8. The smallest absolute Gasteiger partial charge is 0.407 e. The van der Waals surface area contributed by atoms with Crippen molar-refractivity contribution < 1.29 is 24.2 Å². The van der Waals surface area contributed by atoms with Gasteiger partial charge in [-0.05, 0) is 26.3 Å². The van der Waals surface area contributed by atoms with Gasteiger partial charge in [-0.1, -0.05) is 50.0 Å². The fourth-order valence-corrected chi connectivity index (χ4v) is 4.61. The van der Waals surface area contributed by atoms with Crippen LogP contribution in [0.4, 0.5) is 4.79 Å². The molecule has 0 saturated carbocycles.